The fourth-order valence-corrected chi connectivity index (χ4v) is 3.80. The third kappa shape index (κ3) is 3.51. The van der Waals surface area contributed by atoms with E-state index in [4.69, 9.17) is 32.4 Å². The first-order chi connectivity index (χ1) is 12.4. The Bertz CT molecular complexity index is 1070. The molecule has 0 aliphatic heterocycles. The first kappa shape index (κ1) is 18.6. The standard InChI is InChI=1S/C15H11Cl2N3O5S/c1-24-7-6-19-13-10(4-2-8(16)12(13)17)26-15(19)18-14(21)9-3-5-11(25-9)20(22)23/h2-5H,6-7H2,1H3. The van der Waals surface area contributed by atoms with Gasteiger partial charge < -0.3 is 13.7 Å². The second-order valence-corrected chi connectivity index (χ2v) is 6.84. The van der Waals surface area contributed by atoms with Crippen molar-refractivity contribution < 1.29 is 18.9 Å². The predicted molar refractivity (Wildman–Crippen MR) is 97.0 cm³/mol. The molecule has 0 N–H and O–H groups in total. The van der Waals surface area contributed by atoms with Gasteiger partial charge in [-0.15, -0.1) is 0 Å². The minimum atomic E-state index is -0.738. The van der Waals surface area contributed by atoms with E-state index in [9.17, 15) is 14.9 Å². The molecule has 1 amide bonds. The number of benzene rings is 1. The summed E-state index contributed by atoms with van der Waals surface area (Å²) in [6, 6.07) is 5.74. The van der Waals surface area contributed by atoms with Gasteiger partial charge in [0.25, 0.3) is 0 Å². The number of amides is 1. The lowest BCUT2D eigenvalue weighted by atomic mass is 10.3. The molecule has 0 saturated heterocycles. The van der Waals surface area contributed by atoms with E-state index in [0.717, 1.165) is 10.8 Å². The Morgan fingerprint density at radius 1 is 1.38 bits per heavy atom. The smallest absolute Gasteiger partial charge is 0.395 e. The van der Waals surface area contributed by atoms with Crippen LogP contribution in [0.1, 0.15) is 10.6 Å². The zero-order valence-corrected chi connectivity index (χ0v) is 15.6. The molecule has 0 atom stereocenters. The molecule has 11 heteroatoms. The molecule has 0 saturated carbocycles. The lowest BCUT2D eigenvalue weighted by molar-refractivity contribution is -0.402. The fraction of sp³-hybridized carbons (Fsp3) is 0.200. The van der Waals surface area contributed by atoms with Gasteiger partial charge in [-0.05, 0) is 18.2 Å². The highest BCUT2D eigenvalue weighted by Gasteiger charge is 2.18. The normalized spacial score (nSPS) is 12.0. The Labute approximate surface area is 160 Å². The van der Waals surface area contributed by atoms with Crippen LogP contribution in [-0.2, 0) is 11.3 Å². The Balaban J connectivity index is 2.13. The van der Waals surface area contributed by atoms with Crippen LogP contribution in [0.25, 0.3) is 10.2 Å². The maximum absolute atomic E-state index is 12.3. The third-order valence-corrected chi connectivity index (χ3v) is 5.27. The SMILES string of the molecule is COCCn1c(=NC(=O)c2ccc([N+](=O)[O-])o2)sc2ccc(Cl)c(Cl)c21. The number of ether oxygens (including phenoxy) is 1. The summed E-state index contributed by atoms with van der Waals surface area (Å²) in [5.74, 6) is -1.49. The van der Waals surface area contributed by atoms with Gasteiger partial charge in [-0.2, -0.15) is 4.99 Å². The van der Waals surface area contributed by atoms with Crippen LogP contribution in [0.4, 0.5) is 5.88 Å². The minimum absolute atomic E-state index is 0.225. The summed E-state index contributed by atoms with van der Waals surface area (Å²) in [6.45, 7) is 0.753. The van der Waals surface area contributed by atoms with E-state index in [1.807, 2.05) is 0 Å². The summed E-state index contributed by atoms with van der Waals surface area (Å²) >= 11 is 13.6. The molecule has 0 aliphatic carbocycles. The number of thiazole rings is 1. The van der Waals surface area contributed by atoms with E-state index in [1.165, 1.54) is 17.4 Å². The first-order valence-electron chi connectivity index (χ1n) is 7.22. The highest BCUT2D eigenvalue weighted by atomic mass is 35.5. The molecule has 0 spiro atoms. The minimum Gasteiger partial charge on any atom is -0.395 e. The van der Waals surface area contributed by atoms with Gasteiger partial charge in [-0.25, -0.2) is 0 Å². The fourth-order valence-electron chi connectivity index (χ4n) is 2.26. The Morgan fingerprint density at radius 3 is 2.81 bits per heavy atom. The molecular weight excluding hydrogens is 405 g/mol. The average Bonchev–Trinajstić information content (AvgIpc) is 3.22. The topological polar surface area (TPSA) is 99.9 Å². The molecule has 0 bridgehead atoms. The van der Waals surface area contributed by atoms with Gasteiger partial charge in [0, 0.05) is 13.7 Å². The van der Waals surface area contributed by atoms with Gasteiger partial charge in [0.1, 0.15) is 4.92 Å². The number of rotatable bonds is 5. The summed E-state index contributed by atoms with van der Waals surface area (Å²) in [7, 11) is 1.55. The number of nitrogens with zero attached hydrogens (tertiary/aromatic N) is 3. The van der Waals surface area contributed by atoms with Crippen LogP contribution >= 0.6 is 34.5 Å². The summed E-state index contributed by atoms with van der Waals surface area (Å²) < 4.78 is 12.5. The van der Waals surface area contributed by atoms with Crippen molar-refractivity contribution in [3.05, 3.63) is 55.0 Å². The number of carbonyl (C=O) groups excluding carboxylic acids is 1. The van der Waals surface area contributed by atoms with Crippen LogP contribution in [0.3, 0.4) is 0 Å². The van der Waals surface area contributed by atoms with Crippen LogP contribution in [-0.4, -0.2) is 29.1 Å². The van der Waals surface area contributed by atoms with E-state index in [1.54, 1.807) is 23.8 Å². The molecule has 0 radical (unpaired) electrons. The van der Waals surface area contributed by atoms with Crippen LogP contribution in [0.5, 0.6) is 0 Å². The molecule has 8 nitrogen and oxygen atoms in total. The third-order valence-electron chi connectivity index (χ3n) is 3.43. The number of hydrogen-bond donors (Lipinski definition) is 0. The number of carbonyl (C=O) groups is 1. The summed E-state index contributed by atoms with van der Waals surface area (Å²) in [4.78, 5) is 26.7. The van der Waals surface area contributed by atoms with Gasteiger partial charge in [0.15, 0.2) is 4.80 Å². The second-order valence-electron chi connectivity index (χ2n) is 5.05. The quantitative estimate of drug-likeness (QED) is 0.464. The highest BCUT2D eigenvalue weighted by Crippen LogP contribution is 2.32. The molecule has 136 valence electrons. The largest absolute Gasteiger partial charge is 0.433 e. The van der Waals surface area contributed by atoms with Crippen molar-refractivity contribution in [2.24, 2.45) is 4.99 Å². The van der Waals surface area contributed by atoms with Gasteiger partial charge in [0.05, 0.1) is 32.9 Å². The van der Waals surface area contributed by atoms with E-state index in [2.05, 4.69) is 4.99 Å². The summed E-state index contributed by atoms with van der Waals surface area (Å²) in [5.41, 5.74) is 0.637. The molecule has 1 aromatic carbocycles. The van der Waals surface area contributed by atoms with Crippen molar-refractivity contribution in [2.75, 3.05) is 13.7 Å². The van der Waals surface area contributed by atoms with Gasteiger partial charge in [-0.3, -0.25) is 14.9 Å². The number of fused-ring (bicyclic) bond motifs is 1. The first-order valence-corrected chi connectivity index (χ1v) is 8.79. The molecular formula is C15H11Cl2N3O5S. The van der Waals surface area contributed by atoms with Crippen LogP contribution in [0.15, 0.2) is 33.7 Å². The van der Waals surface area contributed by atoms with Gasteiger partial charge in [0.2, 0.25) is 5.76 Å². The van der Waals surface area contributed by atoms with Crippen molar-refractivity contribution in [1.82, 2.24) is 4.57 Å². The van der Waals surface area contributed by atoms with E-state index in [-0.39, 0.29) is 5.76 Å². The number of hydrogen-bond acceptors (Lipinski definition) is 6. The number of furan rings is 1. The van der Waals surface area contributed by atoms with E-state index >= 15 is 0 Å². The molecule has 0 unspecified atom stereocenters. The zero-order valence-electron chi connectivity index (χ0n) is 13.3. The van der Waals surface area contributed by atoms with Crippen molar-refractivity contribution in [3.63, 3.8) is 0 Å². The summed E-state index contributed by atoms with van der Waals surface area (Å²) in [6.07, 6.45) is 0. The molecule has 3 rings (SSSR count). The monoisotopic (exact) mass is 415 g/mol. The Morgan fingerprint density at radius 2 is 2.15 bits per heavy atom. The maximum atomic E-state index is 12.3. The van der Waals surface area contributed by atoms with Crippen molar-refractivity contribution in [2.45, 2.75) is 6.54 Å². The molecule has 2 aromatic heterocycles. The van der Waals surface area contributed by atoms with E-state index in [0.29, 0.717) is 33.5 Å². The highest BCUT2D eigenvalue weighted by molar-refractivity contribution is 7.16. The lowest BCUT2D eigenvalue weighted by Gasteiger charge is -2.06. The van der Waals surface area contributed by atoms with Crippen LogP contribution in [0.2, 0.25) is 10.0 Å². The Kier molecular flexibility index (Phi) is 5.42. The molecule has 26 heavy (non-hydrogen) atoms. The average molecular weight is 416 g/mol. The van der Waals surface area contributed by atoms with Crippen LogP contribution in [0, 0.1) is 10.1 Å². The maximum Gasteiger partial charge on any atom is 0.433 e. The van der Waals surface area contributed by atoms with Gasteiger partial charge >= 0.3 is 11.8 Å². The van der Waals surface area contributed by atoms with Crippen LogP contribution < -0.4 is 4.80 Å². The number of aromatic nitrogens is 1. The van der Waals surface area contributed by atoms with Crippen molar-refractivity contribution >= 4 is 56.5 Å². The second kappa shape index (κ2) is 7.58. The van der Waals surface area contributed by atoms with E-state index < -0.39 is 16.7 Å². The van der Waals surface area contributed by atoms with Crippen molar-refractivity contribution in [3.8, 4) is 0 Å². The number of methoxy groups -OCH3 is 1. The zero-order chi connectivity index (χ0) is 18.8. The van der Waals surface area contributed by atoms with Crippen molar-refractivity contribution in [1.29, 1.82) is 0 Å². The lowest BCUT2D eigenvalue weighted by Crippen LogP contribution is -2.19. The molecule has 2 heterocycles. The summed E-state index contributed by atoms with van der Waals surface area (Å²) in [5, 5.41) is 11.4. The van der Waals surface area contributed by atoms with Gasteiger partial charge in [-0.1, -0.05) is 34.5 Å². The Hall–Kier alpha value is -2.20. The molecule has 0 fully saturated rings. The number of nitro groups is 1. The molecule has 0 aliphatic rings. The molecule has 3 aromatic rings. The predicted octanol–water partition coefficient (Wildman–Crippen LogP) is 3.90. The number of halogens is 2.